The van der Waals surface area contributed by atoms with Gasteiger partial charge >= 0.3 is 0 Å². The minimum absolute atomic E-state index is 0.114. The Balaban J connectivity index is 2.12. The average molecular weight is 265 g/mol. The predicted octanol–water partition coefficient (Wildman–Crippen LogP) is 1.49. The molecule has 0 atom stereocenters. The van der Waals surface area contributed by atoms with Gasteiger partial charge in [-0.1, -0.05) is 0 Å². The molecule has 2 aromatic rings. The van der Waals surface area contributed by atoms with E-state index in [1.807, 2.05) is 0 Å². The molecule has 1 heterocycles. The minimum atomic E-state index is -0.466. The van der Waals surface area contributed by atoms with Gasteiger partial charge in [0.25, 0.3) is 0 Å². The molecule has 7 heteroatoms. The van der Waals surface area contributed by atoms with Gasteiger partial charge in [0.2, 0.25) is 0 Å². The molecule has 0 aliphatic heterocycles. The molecule has 1 aromatic heterocycles. The highest BCUT2D eigenvalue weighted by Crippen LogP contribution is 2.20. The smallest absolute Gasteiger partial charge is 0.182 e. The van der Waals surface area contributed by atoms with Crippen molar-refractivity contribution in [3.8, 4) is 11.4 Å². The van der Waals surface area contributed by atoms with Crippen LogP contribution < -0.4 is 5.73 Å². The first-order valence-electron chi connectivity index (χ1n) is 6.03. The number of aromatic nitrogens is 4. The normalized spacial score (nSPS) is 10.8. The number of tetrazole rings is 1. The van der Waals surface area contributed by atoms with Crippen molar-refractivity contribution in [2.24, 2.45) is 0 Å². The molecule has 0 saturated heterocycles. The molecule has 0 amide bonds. The molecule has 0 spiro atoms. The van der Waals surface area contributed by atoms with E-state index in [2.05, 4.69) is 15.5 Å². The molecule has 0 unspecified atom stereocenters. The van der Waals surface area contributed by atoms with Crippen LogP contribution >= 0.6 is 0 Å². The molecule has 1 aromatic carbocycles. The standard InChI is InChI=1S/C12H16FN5O/c1-19-7-3-2-6-18-12(15-16-17-18)9-4-5-11(14)10(13)8-9/h4-5,8H,2-3,6-7,14H2,1H3. The van der Waals surface area contributed by atoms with Gasteiger partial charge in [0.15, 0.2) is 5.82 Å². The molecular weight excluding hydrogens is 249 g/mol. The largest absolute Gasteiger partial charge is 0.396 e. The highest BCUT2D eigenvalue weighted by molar-refractivity contribution is 5.58. The van der Waals surface area contributed by atoms with Crippen LogP contribution in [0.2, 0.25) is 0 Å². The lowest BCUT2D eigenvalue weighted by atomic mass is 10.2. The summed E-state index contributed by atoms with van der Waals surface area (Å²) in [6.07, 6.45) is 1.81. The van der Waals surface area contributed by atoms with Crippen LogP contribution in [0.3, 0.4) is 0 Å². The molecule has 0 radical (unpaired) electrons. The average Bonchev–Trinajstić information content (AvgIpc) is 2.86. The van der Waals surface area contributed by atoms with Crippen LogP contribution in [0.25, 0.3) is 11.4 Å². The van der Waals surface area contributed by atoms with Gasteiger partial charge in [-0.25, -0.2) is 9.07 Å². The van der Waals surface area contributed by atoms with Crippen LogP contribution in [0.1, 0.15) is 12.8 Å². The number of nitrogen functional groups attached to an aromatic ring is 1. The zero-order chi connectivity index (χ0) is 13.7. The lowest BCUT2D eigenvalue weighted by molar-refractivity contribution is 0.191. The molecule has 2 rings (SSSR count). The van der Waals surface area contributed by atoms with E-state index >= 15 is 0 Å². The third-order valence-electron chi connectivity index (χ3n) is 2.76. The quantitative estimate of drug-likeness (QED) is 0.632. The van der Waals surface area contributed by atoms with Crippen LogP contribution in [-0.4, -0.2) is 33.9 Å². The second-order valence-corrected chi connectivity index (χ2v) is 4.16. The number of hydrogen-bond acceptors (Lipinski definition) is 5. The Hall–Kier alpha value is -2.02. The number of nitrogens with zero attached hydrogens (tertiary/aromatic N) is 4. The van der Waals surface area contributed by atoms with Crippen molar-refractivity contribution in [2.75, 3.05) is 19.5 Å². The highest BCUT2D eigenvalue weighted by atomic mass is 19.1. The van der Waals surface area contributed by atoms with E-state index in [0.29, 0.717) is 24.5 Å². The number of hydrogen-bond donors (Lipinski definition) is 1. The van der Waals surface area contributed by atoms with Crippen molar-refractivity contribution < 1.29 is 9.13 Å². The summed E-state index contributed by atoms with van der Waals surface area (Å²) in [6.45, 7) is 1.37. The summed E-state index contributed by atoms with van der Waals surface area (Å²) in [6, 6.07) is 4.55. The number of methoxy groups -OCH3 is 1. The highest BCUT2D eigenvalue weighted by Gasteiger charge is 2.10. The summed E-state index contributed by atoms with van der Waals surface area (Å²) in [5.74, 6) is 0.0720. The topological polar surface area (TPSA) is 78.8 Å². The molecule has 0 fully saturated rings. The number of rotatable bonds is 6. The van der Waals surface area contributed by atoms with Crippen molar-refractivity contribution in [1.82, 2.24) is 20.2 Å². The number of unbranched alkanes of at least 4 members (excludes halogenated alkanes) is 1. The molecule has 0 aliphatic rings. The van der Waals surface area contributed by atoms with Gasteiger partial charge in [-0.05, 0) is 41.5 Å². The van der Waals surface area contributed by atoms with Gasteiger partial charge in [0.1, 0.15) is 5.82 Å². The van der Waals surface area contributed by atoms with Crippen molar-refractivity contribution in [3.63, 3.8) is 0 Å². The second-order valence-electron chi connectivity index (χ2n) is 4.16. The molecule has 19 heavy (non-hydrogen) atoms. The molecule has 102 valence electrons. The van der Waals surface area contributed by atoms with Crippen molar-refractivity contribution in [1.29, 1.82) is 0 Å². The Labute approximate surface area is 110 Å². The maximum absolute atomic E-state index is 13.4. The summed E-state index contributed by atoms with van der Waals surface area (Å²) in [5.41, 5.74) is 6.17. The lowest BCUT2D eigenvalue weighted by Gasteiger charge is -2.05. The Bertz CT molecular complexity index is 543. The van der Waals surface area contributed by atoms with Crippen molar-refractivity contribution >= 4 is 5.69 Å². The maximum atomic E-state index is 13.4. The van der Waals surface area contributed by atoms with E-state index in [1.165, 1.54) is 12.1 Å². The molecular formula is C12H16FN5O. The van der Waals surface area contributed by atoms with Crippen LogP contribution in [0, 0.1) is 5.82 Å². The Morgan fingerprint density at radius 1 is 1.37 bits per heavy atom. The second kappa shape index (κ2) is 6.24. The Kier molecular flexibility index (Phi) is 4.40. The van der Waals surface area contributed by atoms with Gasteiger partial charge < -0.3 is 10.5 Å². The molecule has 6 nitrogen and oxygen atoms in total. The van der Waals surface area contributed by atoms with Crippen LogP contribution in [0.15, 0.2) is 18.2 Å². The number of anilines is 1. The fraction of sp³-hybridized carbons (Fsp3) is 0.417. The molecule has 0 bridgehead atoms. The first-order valence-corrected chi connectivity index (χ1v) is 6.03. The van der Waals surface area contributed by atoms with Crippen molar-refractivity contribution in [2.45, 2.75) is 19.4 Å². The Morgan fingerprint density at radius 2 is 2.21 bits per heavy atom. The minimum Gasteiger partial charge on any atom is -0.396 e. The molecule has 0 saturated carbocycles. The summed E-state index contributed by atoms with van der Waals surface area (Å²) in [5, 5.41) is 11.5. The zero-order valence-corrected chi connectivity index (χ0v) is 10.7. The lowest BCUT2D eigenvalue weighted by Crippen LogP contribution is -2.04. The van der Waals surface area contributed by atoms with Crippen LogP contribution in [-0.2, 0) is 11.3 Å². The monoisotopic (exact) mass is 265 g/mol. The third-order valence-corrected chi connectivity index (χ3v) is 2.76. The summed E-state index contributed by atoms with van der Waals surface area (Å²) < 4.78 is 20.1. The number of halogens is 1. The first kappa shape index (κ1) is 13.4. The van der Waals surface area contributed by atoms with Crippen LogP contribution in [0.5, 0.6) is 0 Å². The number of nitrogens with two attached hydrogens (primary N) is 1. The van der Waals surface area contributed by atoms with E-state index in [4.69, 9.17) is 10.5 Å². The number of ether oxygens (including phenoxy) is 1. The van der Waals surface area contributed by atoms with Gasteiger partial charge in [-0.15, -0.1) is 5.10 Å². The van der Waals surface area contributed by atoms with E-state index in [9.17, 15) is 4.39 Å². The van der Waals surface area contributed by atoms with E-state index in [-0.39, 0.29) is 5.69 Å². The number of aryl methyl sites for hydroxylation is 1. The SMILES string of the molecule is COCCCCn1nnnc1-c1ccc(N)c(F)c1. The van der Waals surface area contributed by atoms with Gasteiger partial charge in [-0.2, -0.15) is 0 Å². The van der Waals surface area contributed by atoms with Gasteiger partial charge in [-0.3, -0.25) is 0 Å². The van der Waals surface area contributed by atoms with E-state index in [0.717, 1.165) is 12.8 Å². The summed E-state index contributed by atoms with van der Waals surface area (Å²) in [4.78, 5) is 0. The van der Waals surface area contributed by atoms with Crippen molar-refractivity contribution in [3.05, 3.63) is 24.0 Å². The third kappa shape index (κ3) is 3.25. The van der Waals surface area contributed by atoms with E-state index < -0.39 is 5.82 Å². The predicted molar refractivity (Wildman–Crippen MR) is 68.7 cm³/mol. The first-order chi connectivity index (χ1) is 9.22. The summed E-state index contributed by atoms with van der Waals surface area (Å²) >= 11 is 0. The van der Waals surface area contributed by atoms with Crippen LogP contribution in [0.4, 0.5) is 10.1 Å². The molecule has 2 N–H and O–H groups in total. The summed E-state index contributed by atoms with van der Waals surface area (Å²) in [7, 11) is 1.67. The fourth-order valence-electron chi connectivity index (χ4n) is 1.74. The van der Waals surface area contributed by atoms with Gasteiger partial charge in [0.05, 0.1) is 5.69 Å². The fourth-order valence-corrected chi connectivity index (χ4v) is 1.74. The Morgan fingerprint density at radius 3 is 2.95 bits per heavy atom. The zero-order valence-electron chi connectivity index (χ0n) is 10.7. The van der Waals surface area contributed by atoms with Gasteiger partial charge in [0, 0.05) is 25.8 Å². The molecule has 0 aliphatic carbocycles. The maximum Gasteiger partial charge on any atom is 0.182 e. The number of benzene rings is 1. The van der Waals surface area contributed by atoms with E-state index in [1.54, 1.807) is 17.9 Å².